The molecule has 1 spiro atoms. The molecular formula is C23H22F5N7O. The Morgan fingerprint density at radius 1 is 1.08 bits per heavy atom. The Bertz CT molecular complexity index is 1310. The Morgan fingerprint density at radius 3 is 2.58 bits per heavy atom. The summed E-state index contributed by atoms with van der Waals surface area (Å²) in [6, 6.07) is 2.28. The van der Waals surface area contributed by atoms with E-state index in [1.807, 2.05) is 0 Å². The summed E-state index contributed by atoms with van der Waals surface area (Å²) in [6.45, 7) is 0.479. The zero-order valence-corrected chi connectivity index (χ0v) is 19.0. The topological polar surface area (TPSA) is 80.0 Å². The van der Waals surface area contributed by atoms with Gasteiger partial charge >= 0.3 is 6.18 Å². The van der Waals surface area contributed by atoms with E-state index in [0.29, 0.717) is 36.5 Å². The van der Waals surface area contributed by atoms with E-state index in [0.717, 1.165) is 36.2 Å². The van der Waals surface area contributed by atoms with Crippen LogP contribution in [0.4, 0.5) is 33.6 Å². The van der Waals surface area contributed by atoms with Crippen molar-refractivity contribution >= 4 is 28.7 Å². The molecule has 4 aliphatic rings. The van der Waals surface area contributed by atoms with Crippen LogP contribution < -0.4 is 9.80 Å². The average molecular weight is 507 g/mol. The lowest BCUT2D eigenvalue weighted by Gasteiger charge is -2.55. The van der Waals surface area contributed by atoms with Gasteiger partial charge in [0.2, 0.25) is 5.91 Å². The van der Waals surface area contributed by atoms with Gasteiger partial charge in [-0.2, -0.15) is 18.3 Å². The third kappa shape index (κ3) is 3.75. The van der Waals surface area contributed by atoms with E-state index < -0.39 is 24.7 Å². The molecule has 4 fully saturated rings. The summed E-state index contributed by atoms with van der Waals surface area (Å²) < 4.78 is 65.7. The molecule has 2 unspecified atom stereocenters. The van der Waals surface area contributed by atoms with Crippen LogP contribution >= 0.6 is 0 Å². The minimum Gasteiger partial charge on any atom is -0.352 e. The number of nitrogens with zero attached hydrogens (tertiary/aromatic N) is 7. The Hall–Kier alpha value is -3.38. The van der Waals surface area contributed by atoms with Crippen molar-refractivity contribution in [3.05, 3.63) is 36.3 Å². The van der Waals surface area contributed by atoms with E-state index in [2.05, 4.69) is 25.0 Å². The number of carbonyl (C=O) groups excluding carboxylic acids is 1. The minimum absolute atomic E-state index is 0.0848. The van der Waals surface area contributed by atoms with Gasteiger partial charge in [-0.15, -0.1) is 0 Å². The number of fused-ring (bicyclic) bond motifs is 3. The van der Waals surface area contributed by atoms with Gasteiger partial charge in [-0.1, -0.05) is 0 Å². The molecule has 1 amide bonds. The van der Waals surface area contributed by atoms with Gasteiger partial charge in [0.15, 0.2) is 5.65 Å². The molecule has 13 heteroatoms. The number of pyridine rings is 1. The van der Waals surface area contributed by atoms with Crippen LogP contribution in [-0.4, -0.2) is 56.2 Å². The highest BCUT2D eigenvalue weighted by Gasteiger charge is 2.56. The number of aromatic nitrogens is 5. The molecule has 7 rings (SSSR count). The number of anilines is 2. The number of amides is 1. The first-order valence-electron chi connectivity index (χ1n) is 11.7. The van der Waals surface area contributed by atoms with Gasteiger partial charge in [-0.25, -0.2) is 28.4 Å². The Labute approximate surface area is 202 Å². The fraction of sp³-hybridized carbons (Fsp3) is 0.522. The lowest BCUT2D eigenvalue weighted by Crippen LogP contribution is -2.58. The van der Waals surface area contributed by atoms with Gasteiger partial charge in [-0.05, 0) is 37.3 Å². The fourth-order valence-electron chi connectivity index (χ4n) is 6.09. The second-order valence-electron chi connectivity index (χ2n) is 9.86. The molecule has 190 valence electrons. The maximum atomic E-state index is 13.0. The van der Waals surface area contributed by atoms with Crippen LogP contribution in [0.3, 0.4) is 0 Å². The molecule has 3 saturated heterocycles. The van der Waals surface area contributed by atoms with Gasteiger partial charge < -0.3 is 4.90 Å². The molecule has 6 heterocycles. The Balaban J connectivity index is 1.23. The lowest BCUT2D eigenvalue weighted by molar-refractivity contribution is -0.137. The van der Waals surface area contributed by atoms with E-state index in [1.54, 1.807) is 6.20 Å². The van der Waals surface area contributed by atoms with Gasteiger partial charge in [-0.3, -0.25) is 9.69 Å². The lowest BCUT2D eigenvalue weighted by atomic mass is 9.60. The predicted octanol–water partition coefficient (Wildman–Crippen LogP) is 3.92. The zero-order chi connectivity index (χ0) is 25.2. The molecule has 3 aromatic heterocycles. The number of halogens is 5. The van der Waals surface area contributed by atoms with Gasteiger partial charge in [0.25, 0.3) is 6.43 Å². The van der Waals surface area contributed by atoms with Crippen molar-refractivity contribution in [2.75, 3.05) is 22.9 Å². The minimum atomic E-state index is -4.49. The third-order valence-electron chi connectivity index (χ3n) is 7.78. The van der Waals surface area contributed by atoms with Gasteiger partial charge in [0, 0.05) is 37.2 Å². The molecule has 0 N–H and O–H groups in total. The summed E-state index contributed by atoms with van der Waals surface area (Å²) in [5.41, 5.74) is -0.401. The van der Waals surface area contributed by atoms with Crippen LogP contribution in [0, 0.1) is 11.3 Å². The van der Waals surface area contributed by atoms with Crippen LogP contribution in [0.15, 0.2) is 30.7 Å². The van der Waals surface area contributed by atoms with Gasteiger partial charge in [0.05, 0.1) is 18.0 Å². The highest BCUT2D eigenvalue weighted by atomic mass is 19.4. The Kier molecular flexibility index (Phi) is 5.16. The highest BCUT2D eigenvalue weighted by molar-refractivity contribution is 5.95. The number of piperidine rings is 2. The zero-order valence-electron chi connectivity index (χ0n) is 19.0. The van der Waals surface area contributed by atoms with E-state index >= 15 is 0 Å². The third-order valence-corrected chi connectivity index (χ3v) is 7.78. The number of carbonyl (C=O) groups is 1. The van der Waals surface area contributed by atoms with Crippen molar-refractivity contribution in [1.29, 1.82) is 0 Å². The monoisotopic (exact) mass is 507 g/mol. The smallest absolute Gasteiger partial charge is 0.352 e. The Morgan fingerprint density at radius 2 is 1.92 bits per heavy atom. The van der Waals surface area contributed by atoms with Crippen molar-refractivity contribution in [2.24, 2.45) is 11.3 Å². The number of alkyl halides is 5. The molecule has 3 aliphatic heterocycles. The molecule has 3 aromatic rings. The van der Waals surface area contributed by atoms with E-state index in [-0.39, 0.29) is 29.1 Å². The van der Waals surface area contributed by atoms with Crippen molar-refractivity contribution in [2.45, 2.75) is 50.9 Å². The quantitative estimate of drug-likeness (QED) is 0.498. The number of hydrogen-bond acceptors (Lipinski definition) is 6. The molecule has 1 aliphatic carbocycles. The van der Waals surface area contributed by atoms with Crippen LogP contribution in [0.25, 0.3) is 11.2 Å². The highest BCUT2D eigenvalue weighted by Crippen LogP contribution is 2.54. The summed E-state index contributed by atoms with van der Waals surface area (Å²) in [5, 5.41) is 3.97. The molecule has 2 bridgehead atoms. The maximum absolute atomic E-state index is 13.0. The number of rotatable bonds is 4. The first-order chi connectivity index (χ1) is 17.1. The summed E-state index contributed by atoms with van der Waals surface area (Å²) in [6.07, 6.45) is -0.398. The molecule has 3 atom stereocenters. The summed E-state index contributed by atoms with van der Waals surface area (Å²) in [5.74, 6) is 0.841. The van der Waals surface area contributed by atoms with Gasteiger partial charge in [0.1, 0.15) is 23.7 Å². The molecular weight excluding hydrogens is 485 g/mol. The van der Waals surface area contributed by atoms with Crippen LogP contribution in [0.2, 0.25) is 0 Å². The molecule has 36 heavy (non-hydrogen) atoms. The van der Waals surface area contributed by atoms with Crippen molar-refractivity contribution in [1.82, 2.24) is 24.7 Å². The molecule has 1 saturated carbocycles. The molecule has 0 aromatic carbocycles. The first-order valence-corrected chi connectivity index (χ1v) is 11.7. The second kappa shape index (κ2) is 8.07. The normalized spacial score (nSPS) is 26.2. The molecule has 0 radical (unpaired) electrons. The predicted molar refractivity (Wildman–Crippen MR) is 118 cm³/mol. The first kappa shape index (κ1) is 23.0. The van der Waals surface area contributed by atoms with E-state index in [9.17, 15) is 26.7 Å². The molecule has 8 nitrogen and oxygen atoms in total. The SMILES string of the molecule is O=C1C[C@]2(CC3CCC2CN3c2cnc3cnn(CC(F)F)c3n2)CN1c1ccc(C(F)(F)F)cn1. The average Bonchev–Trinajstić information content (AvgIpc) is 3.38. The number of hydrogen-bond donors (Lipinski definition) is 0. The maximum Gasteiger partial charge on any atom is 0.417 e. The summed E-state index contributed by atoms with van der Waals surface area (Å²) in [4.78, 5) is 29.5. The van der Waals surface area contributed by atoms with E-state index in [1.165, 1.54) is 17.2 Å². The van der Waals surface area contributed by atoms with Crippen LogP contribution in [0.1, 0.15) is 31.2 Å². The summed E-state index contributed by atoms with van der Waals surface area (Å²) >= 11 is 0. The summed E-state index contributed by atoms with van der Waals surface area (Å²) in [7, 11) is 0. The van der Waals surface area contributed by atoms with Crippen LogP contribution in [-0.2, 0) is 17.5 Å². The van der Waals surface area contributed by atoms with Crippen molar-refractivity contribution in [3.8, 4) is 0 Å². The largest absolute Gasteiger partial charge is 0.417 e. The van der Waals surface area contributed by atoms with Crippen LogP contribution in [0.5, 0.6) is 0 Å². The van der Waals surface area contributed by atoms with Crippen molar-refractivity contribution < 1.29 is 26.7 Å². The van der Waals surface area contributed by atoms with Crippen molar-refractivity contribution in [3.63, 3.8) is 0 Å². The second-order valence-corrected chi connectivity index (χ2v) is 9.86. The fourth-order valence-corrected chi connectivity index (χ4v) is 6.09. The van der Waals surface area contributed by atoms with E-state index in [4.69, 9.17) is 0 Å². The standard InChI is InChI=1S/C23H22F5N7O/c24-17(25)11-35-21-16(8-31-35)29-9-19(32-21)33-10-14-1-3-15(33)5-22(14)6-20(36)34(12-22)18-4-2-13(7-30-18)23(26,27)28/h2,4,7-9,14-15,17H,1,3,5-6,10-12H2/t14?,15?,22-/m1/s1.